The summed E-state index contributed by atoms with van der Waals surface area (Å²) in [5.41, 5.74) is 0.0681. The van der Waals surface area contributed by atoms with Crippen LogP contribution in [-0.4, -0.2) is 22.0 Å². The summed E-state index contributed by atoms with van der Waals surface area (Å²) in [6.07, 6.45) is -0.207. The van der Waals surface area contributed by atoms with Crippen LogP contribution < -0.4 is 0 Å². The van der Waals surface area contributed by atoms with Gasteiger partial charge in [-0.1, -0.05) is 12.1 Å². The van der Waals surface area contributed by atoms with Crippen LogP contribution in [0.5, 0.6) is 5.75 Å². The molecule has 21 heavy (non-hydrogen) atoms. The number of carboxylic acid groups (broad SMARTS) is 1. The maximum atomic E-state index is 13.6. The van der Waals surface area contributed by atoms with Crippen LogP contribution in [0.4, 0.5) is 8.78 Å². The second-order valence-corrected chi connectivity index (χ2v) is 4.36. The first kappa shape index (κ1) is 14.6. The van der Waals surface area contributed by atoms with E-state index in [0.717, 1.165) is 12.1 Å². The third-order valence-electron chi connectivity index (χ3n) is 2.93. The maximum absolute atomic E-state index is 13.6. The molecule has 0 saturated heterocycles. The molecule has 2 N–H and O–H groups in total. The van der Waals surface area contributed by atoms with Crippen molar-refractivity contribution in [2.24, 2.45) is 0 Å². The summed E-state index contributed by atoms with van der Waals surface area (Å²) in [6.45, 7) is 0. The van der Waals surface area contributed by atoms with E-state index in [0.29, 0.717) is 5.56 Å². The van der Waals surface area contributed by atoms with Crippen LogP contribution in [0.25, 0.3) is 0 Å². The fourth-order valence-electron chi connectivity index (χ4n) is 1.80. The zero-order valence-electron chi connectivity index (χ0n) is 10.6. The third-order valence-corrected chi connectivity index (χ3v) is 2.93. The topological polar surface area (TPSA) is 74.6 Å². The molecule has 0 bridgehead atoms. The van der Waals surface area contributed by atoms with Gasteiger partial charge in [-0.2, -0.15) is 4.39 Å². The molecule has 4 nitrogen and oxygen atoms in total. The molecule has 0 aromatic heterocycles. The standard InChI is InChI=1S/C15H10F2O4/c16-13-10(5-6-11(18)14(13)17)12(19)7-8-1-3-9(4-2-8)15(20)21/h1-6,18H,7H2,(H,20,21). The van der Waals surface area contributed by atoms with Crippen LogP contribution in [-0.2, 0) is 6.42 Å². The number of ketones is 1. The Morgan fingerprint density at radius 3 is 2.14 bits per heavy atom. The van der Waals surface area contributed by atoms with E-state index in [4.69, 9.17) is 10.2 Å². The second-order valence-electron chi connectivity index (χ2n) is 4.36. The first-order valence-corrected chi connectivity index (χ1v) is 5.92. The molecule has 0 radical (unpaired) electrons. The van der Waals surface area contributed by atoms with Gasteiger partial charge >= 0.3 is 5.97 Å². The highest BCUT2D eigenvalue weighted by Crippen LogP contribution is 2.22. The van der Waals surface area contributed by atoms with Crippen LogP contribution in [0.15, 0.2) is 36.4 Å². The van der Waals surface area contributed by atoms with E-state index < -0.39 is 34.7 Å². The predicted octanol–water partition coefficient (Wildman–Crippen LogP) is 2.79. The van der Waals surface area contributed by atoms with E-state index >= 15 is 0 Å². The Kier molecular flexibility index (Phi) is 3.98. The number of rotatable bonds is 4. The Labute approximate surface area is 118 Å². The zero-order valence-corrected chi connectivity index (χ0v) is 10.6. The summed E-state index contributed by atoms with van der Waals surface area (Å²) in [5.74, 6) is -5.51. The van der Waals surface area contributed by atoms with Gasteiger partial charge in [0.1, 0.15) is 0 Å². The number of Topliss-reactive ketones (excluding diaryl/α,β-unsaturated/α-hetero) is 1. The smallest absolute Gasteiger partial charge is 0.335 e. The van der Waals surface area contributed by atoms with Crippen LogP contribution in [0, 0.1) is 11.6 Å². The van der Waals surface area contributed by atoms with Gasteiger partial charge in [-0.05, 0) is 29.8 Å². The molecule has 0 amide bonds. The van der Waals surface area contributed by atoms with Gasteiger partial charge in [-0.15, -0.1) is 0 Å². The first-order chi connectivity index (χ1) is 9.90. The van der Waals surface area contributed by atoms with Gasteiger partial charge in [-0.3, -0.25) is 4.79 Å². The Hall–Kier alpha value is -2.76. The molecule has 2 aromatic carbocycles. The molecule has 0 fully saturated rings. The van der Waals surface area contributed by atoms with Crippen molar-refractivity contribution in [3.05, 3.63) is 64.7 Å². The highest BCUT2D eigenvalue weighted by atomic mass is 19.2. The molecule has 6 heteroatoms. The van der Waals surface area contributed by atoms with Crippen LogP contribution in [0.1, 0.15) is 26.3 Å². The normalized spacial score (nSPS) is 10.4. The minimum Gasteiger partial charge on any atom is -0.505 e. The van der Waals surface area contributed by atoms with Gasteiger partial charge in [0, 0.05) is 6.42 Å². The largest absolute Gasteiger partial charge is 0.505 e. The van der Waals surface area contributed by atoms with E-state index in [9.17, 15) is 18.4 Å². The van der Waals surface area contributed by atoms with Crippen LogP contribution in [0.3, 0.4) is 0 Å². The summed E-state index contributed by atoms with van der Waals surface area (Å²) in [7, 11) is 0. The van der Waals surface area contributed by atoms with Gasteiger partial charge in [0.05, 0.1) is 11.1 Å². The lowest BCUT2D eigenvalue weighted by Crippen LogP contribution is -2.08. The van der Waals surface area contributed by atoms with E-state index in [2.05, 4.69) is 0 Å². The third kappa shape index (κ3) is 3.05. The molecule has 0 heterocycles. The van der Waals surface area contributed by atoms with Crippen molar-refractivity contribution >= 4 is 11.8 Å². The highest BCUT2D eigenvalue weighted by molar-refractivity contribution is 5.98. The van der Waals surface area contributed by atoms with Crippen molar-refractivity contribution in [3.63, 3.8) is 0 Å². The predicted molar refractivity (Wildman–Crippen MR) is 69.5 cm³/mol. The molecule has 2 aromatic rings. The van der Waals surface area contributed by atoms with Gasteiger partial charge in [0.15, 0.2) is 17.3 Å². The molecule has 2 rings (SSSR count). The summed E-state index contributed by atoms with van der Waals surface area (Å²) in [4.78, 5) is 22.6. The van der Waals surface area contributed by atoms with Gasteiger partial charge in [0.2, 0.25) is 5.82 Å². The Balaban J connectivity index is 2.22. The van der Waals surface area contributed by atoms with Crippen molar-refractivity contribution in [2.45, 2.75) is 6.42 Å². The summed E-state index contributed by atoms with van der Waals surface area (Å²) < 4.78 is 26.7. The quantitative estimate of drug-likeness (QED) is 0.850. The number of carbonyl (C=O) groups excluding carboxylic acids is 1. The highest BCUT2D eigenvalue weighted by Gasteiger charge is 2.18. The number of hydrogen-bond donors (Lipinski definition) is 2. The average Bonchev–Trinajstić information content (AvgIpc) is 2.45. The molecule has 0 aliphatic rings. The molecule has 0 saturated carbocycles. The lowest BCUT2D eigenvalue weighted by Gasteiger charge is -2.05. The lowest BCUT2D eigenvalue weighted by molar-refractivity contribution is 0.0696. The van der Waals surface area contributed by atoms with Gasteiger partial charge in [0.25, 0.3) is 0 Å². The number of phenols is 1. The first-order valence-electron chi connectivity index (χ1n) is 5.92. The Morgan fingerprint density at radius 1 is 0.952 bits per heavy atom. The van der Waals surface area contributed by atoms with E-state index in [1.807, 2.05) is 0 Å². The van der Waals surface area contributed by atoms with Crippen molar-refractivity contribution < 1.29 is 28.6 Å². The Morgan fingerprint density at radius 2 is 1.57 bits per heavy atom. The molecule has 0 spiro atoms. The summed E-state index contributed by atoms with van der Waals surface area (Å²) >= 11 is 0. The van der Waals surface area contributed by atoms with Crippen molar-refractivity contribution in [2.75, 3.05) is 0 Å². The number of carbonyl (C=O) groups is 2. The fourth-order valence-corrected chi connectivity index (χ4v) is 1.80. The summed E-state index contributed by atoms with van der Waals surface area (Å²) in [5, 5.41) is 17.7. The van der Waals surface area contributed by atoms with E-state index in [-0.39, 0.29) is 12.0 Å². The number of benzene rings is 2. The minimum atomic E-state index is -1.47. The number of hydrogen-bond acceptors (Lipinski definition) is 3. The SMILES string of the molecule is O=C(O)c1ccc(CC(=O)c2ccc(O)c(F)c2F)cc1. The molecule has 0 unspecified atom stereocenters. The zero-order chi connectivity index (χ0) is 15.6. The van der Waals surface area contributed by atoms with Crippen LogP contribution in [0.2, 0.25) is 0 Å². The molecule has 0 aliphatic heterocycles. The number of aromatic hydroxyl groups is 1. The van der Waals surface area contributed by atoms with Crippen molar-refractivity contribution in [1.82, 2.24) is 0 Å². The molecule has 0 aliphatic carbocycles. The minimum absolute atomic E-state index is 0.0630. The van der Waals surface area contributed by atoms with Crippen LogP contribution >= 0.6 is 0 Å². The molecular formula is C15H10F2O4. The van der Waals surface area contributed by atoms with Crippen molar-refractivity contribution in [3.8, 4) is 5.75 Å². The molecule has 0 atom stereocenters. The number of phenolic OH excluding ortho intramolecular Hbond substituents is 1. The number of halogens is 2. The molecule has 108 valence electrons. The summed E-state index contributed by atoms with van der Waals surface area (Å²) in [6, 6.07) is 7.39. The maximum Gasteiger partial charge on any atom is 0.335 e. The number of aromatic carboxylic acids is 1. The number of carboxylic acids is 1. The average molecular weight is 292 g/mol. The Bertz CT molecular complexity index is 708. The van der Waals surface area contributed by atoms with E-state index in [1.54, 1.807) is 0 Å². The van der Waals surface area contributed by atoms with Crippen molar-refractivity contribution in [1.29, 1.82) is 0 Å². The second kappa shape index (κ2) is 5.70. The van der Waals surface area contributed by atoms with E-state index in [1.165, 1.54) is 24.3 Å². The fraction of sp³-hybridized carbons (Fsp3) is 0.0667. The molecular weight excluding hydrogens is 282 g/mol. The van der Waals surface area contributed by atoms with Gasteiger partial charge in [-0.25, -0.2) is 9.18 Å². The van der Waals surface area contributed by atoms with Gasteiger partial charge < -0.3 is 10.2 Å². The lowest BCUT2D eigenvalue weighted by atomic mass is 10.0. The monoisotopic (exact) mass is 292 g/mol.